The molecule has 1 fully saturated rings. The van der Waals surface area contributed by atoms with Crippen LogP contribution in [0.2, 0.25) is 0 Å². The van der Waals surface area contributed by atoms with E-state index in [1.165, 1.54) is 7.11 Å². The Bertz CT molecular complexity index is 325. The maximum absolute atomic E-state index is 12.1. The van der Waals surface area contributed by atoms with Crippen molar-refractivity contribution in [3.63, 3.8) is 0 Å². The van der Waals surface area contributed by atoms with Crippen LogP contribution >= 0.6 is 0 Å². The minimum Gasteiger partial charge on any atom is -0.468 e. The molecule has 1 aliphatic heterocycles. The van der Waals surface area contributed by atoms with Gasteiger partial charge in [0.15, 0.2) is 0 Å². The second kappa shape index (κ2) is 6.75. The molecule has 1 N–H and O–H groups in total. The third kappa shape index (κ3) is 5.46. The maximum atomic E-state index is 12.1. The van der Waals surface area contributed by atoms with Gasteiger partial charge in [-0.2, -0.15) is 0 Å². The highest BCUT2D eigenvalue weighted by Gasteiger charge is 2.30. The molecule has 1 aliphatic rings. The molecular weight excluding hydrogens is 248 g/mol. The fraction of sp³-hybridized carbons (Fsp3) is 0.846. The predicted octanol–water partition coefficient (Wildman–Crippen LogP) is 1.50. The zero-order valence-corrected chi connectivity index (χ0v) is 12.2. The largest absolute Gasteiger partial charge is 0.468 e. The number of amides is 1. The average molecular weight is 272 g/mol. The number of nitrogens with zero attached hydrogens (tertiary/aromatic N) is 1. The lowest BCUT2D eigenvalue weighted by Gasteiger charge is -2.36. The summed E-state index contributed by atoms with van der Waals surface area (Å²) in [6.45, 7) is 6.26. The van der Waals surface area contributed by atoms with Crippen LogP contribution in [0.5, 0.6) is 0 Å². The highest BCUT2D eigenvalue weighted by molar-refractivity contribution is 5.72. The quantitative estimate of drug-likeness (QED) is 0.788. The first-order valence-corrected chi connectivity index (χ1v) is 6.63. The van der Waals surface area contributed by atoms with Gasteiger partial charge in [-0.3, -0.25) is 15.0 Å². The van der Waals surface area contributed by atoms with Crippen molar-refractivity contribution in [1.82, 2.24) is 10.2 Å². The van der Waals surface area contributed by atoms with E-state index in [0.717, 1.165) is 19.3 Å². The standard InChI is InChI=1S/C13H24N2O4/c1-13(2,3)19-12(17)15-8-6-5-7-10(15)14-9-11(16)18-4/h10,14H,5-9H2,1-4H3. The molecule has 0 radical (unpaired) electrons. The van der Waals surface area contributed by atoms with Crippen LogP contribution in [0.1, 0.15) is 40.0 Å². The number of piperidine rings is 1. The Morgan fingerprint density at radius 2 is 2.00 bits per heavy atom. The van der Waals surface area contributed by atoms with Gasteiger partial charge >= 0.3 is 12.1 Å². The molecular formula is C13H24N2O4. The highest BCUT2D eigenvalue weighted by atomic mass is 16.6. The Labute approximate surface area is 114 Å². The summed E-state index contributed by atoms with van der Waals surface area (Å²) in [6.07, 6.45) is 2.29. The molecule has 0 aromatic heterocycles. The molecule has 1 atom stereocenters. The van der Waals surface area contributed by atoms with Gasteiger partial charge in [-0.15, -0.1) is 0 Å². The first-order valence-electron chi connectivity index (χ1n) is 6.63. The minimum absolute atomic E-state index is 0.0977. The van der Waals surface area contributed by atoms with Gasteiger partial charge in [0.2, 0.25) is 0 Å². The van der Waals surface area contributed by atoms with E-state index in [1.54, 1.807) is 4.90 Å². The van der Waals surface area contributed by atoms with Crippen LogP contribution in [0, 0.1) is 0 Å². The summed E-state index contributed by atoms with van der Waals surface area (Å²) in [5.74, 6) is -0.338. The number of ether oxygens (including phenoxy) is 2. The maximum Gasteiger partial charge on any atom is 0.411 e. The minimum atomic E-state index is -0.512. The van der Waals surface area contributed by atoms with Crippen LogP contribution in [-0.4, -0.2) is 48.9 Å². The predicted molar refractivity (Wildman–Crippen MR) is 70.6 cm³/mol. The molecule has 0 aromatic carbocycles. The number of esters is 1. The Morgan fingerprint density at radius 3 is 2.58 bits per heavy atom. The van der Waals surface area contributed by atoms with Crippen molar-refractivity contribution < 1.29 is 19.1 Å². The Hall–Kier alpha value is -1.30. The van der Waals surface area contributed by atoms with Crippen molar-refractivity contribution in [2.45, 2.75) is 51.8 Å². The summed E-state index contributed by atoms with van der Waals surface area (Å²) in [7, 11) is 1.34. The van der Waals surface area contributed by atoms with Crippen LogP contribution in [0.3, 0.4) is 0 Å². The normalized spacial score (nSPS) is 20.0. The third-order valence-electron chi connectivity index (χ3n) is 2.84. The molecule has 19 heavy (non-hydrogen) atoms. The van der Waals surface area contributed by atoms with Crippen LogP contribution in [0.4, 0.5) is 4.79 Å². The van der Waals surface area contributed by atoms with Gasteiger partial charge in [0.25, 0.3) is 0 Å². The van der Waals surface area contributed by atoms with Gasteiger partial charge < -0.3 is 9.47 Å². The second-order valence-electron chi connectivity index (χ2n) is 5.64. The van der Waals surface area contributed by atoms with Crippen molar-refractivity contribution in [1.29, 1.82) is 0 Å². The summed E-state index contributed by atoms with van der Waals surface area (Å²) in [5, 5.41) is 3.04. The third-order valence-corrected chi connectivity index (χ3v) is 2.84. The lowest BCUT2D eigenvalue weighted by molar-refractivity contribution is -0.140. The summed E-state index contributed by atoms with van der Waals surface area (Å²) in [6, 6.07) is 0. The summed E-state index contributed by atoms with van der Waals surface area (Å²) < 4.78 is 9.95. The zero-order chi connectivity index (χ0) is 14.5. The second-order valence-corrected chi connectivity index (χ2v) is 5.64. The lowest BCUT2D eigenvalue weighted by atomic mass is 10.1. The Balaban J connectivity index is 2.56. The molecule has 6 nitrogen and oxygen atoms in total. The van der Waals surface area contributed by atoms with E-state index in [4.69, 9.17) is 4.74 Å². The Kier molecular flexibility index (Phi) is 5.60. The van der Waals surface area contributed by atoms with Crippen molar-refractivity contribution in [2.75, 3.05) is 20.2 Å². The Morgan fingerprint density at radius 1 is 1.32 bits per heavy atom. The van der Waals surface area contributed by atoms with E-state index >= 15 is 0 Å². The van der Waals surface area contributed by atoms with E-state index < -0.39 is 5.60 Å². The van der Waals surface area contributed by atoms with E-state index in [2.05, 4.69) is 10.1 Å². The molecule has 0 aliphatic carbocycles. The van der Waals surface area contributed by atoms with Crippen LogP contribution in [0.25, 0.3) is 0 Å². The zero-order valence-electron chi connectivity index (χ0n) is 12.2. The fourth-order valence-electron chi connectivity index (χ4n) is 1.96. The summed E-state index contributed by atoms with van der Waals surface area (Å²) in [5.41, 5.74) is -0.512. The van der Waals surface area contributed by atoms with Crippen LogP contribution in [-0.2, 0) is 14.3 Å². The van der Waals surface area contributed by atoms with Crippen molar-refractivity contribution in [2.24, 2.45) is 0 Å². The van der Waals surface area contributed by atoms with Crippen LogP contribution < -0.4 is 5.32 Å². The fourth-order valence-corrected chi connectivity index (χ4v) is 1.96. The number of carbonyl (C=O) groups excluding carboxylic acids is 2. The van der Waals surface area contributed by atoms with E-state index in [1.807, 2.05) is 20.8 Å². The monoisotopic (exact) mass is 272 g/mol. The number of hydrogen-bond acceptors (Lipinski definition) is 5. The first kappa shape index (κ1) is 15.8. The molecule has 1 heterocycles. The smallest absolute Gasteiger partial charge is 0.411 e. The number of nitrogens with one attached hydrogen (secondary N) is 1. The van der Waals surface area contributed by atoms with Gasteiger partial charge in [-0.1, -0.05) is 0 Å². The van der Waals surface area contributed by atoms with Crippen molar-refractivity contribution in [3.8, 4) is 0 Å². The topological polar surface area (TPSA) is 67.9 Å². The molecule has 0 saturated carbocycles. The van der Waals surface area contributed by atoms with E-state index in [-0.39, 0.29) is 24.8 Å². The van der Waals surface area contributed by atoms with E-state index in [0.29, 0.717) is 6.54 Å². The number of methoxy groups -OCH3 is 1. The van der Waals surface area contributed by atoms with E-state index in [9.17, 15) is 9.59 Å². The summed E-state index contributed by atoms with van der Waals surface area (Å²) >= 11 is 0. The first-order chi connectivity index (χ1) is 8.83. The van der Waals surface area contributed by atoms with Gasteiger partial charge in [0.1, 0.15) is 5.60 Å². The SMILES string of the molecule is COC(=O)CNC1CCCCN1C(=O)OC(C)(C)C. The highest BCUT2D eigenvalue weighted by Crippen LogP contribution is 2.18. The molecule has 0 bridgehead atoms. The number of hydrogen-bond donors (Lipinski definition) is 1. The molecule has 1 amide bonds. The summed E-state index contributed by atoms with van der Waals surface area (Å²) in [4.78, 5) is 24.9. The molecule has 110 valence electrons. The lowest BCUT2D eigenvalue weighted by Crippen LogP contribution is -2.53. The average Bonchev–Trinajstić information content (AvgIpc) is 2.34. The molecule has 1 rings (SSSR count). The molecule has 6 heteroatoms. The van der Waals surface area contributed by atoms with Crippen molar-refractivity contribution in [3.05, 3.63) is 0 Å². The number of likely N-dealkylation sites (tertiary alicyclic amines) is 1. The van der Waals surface area contributed by atoms with Gasteiger partial charge in [-0.25, -0.2) is 4.79 Å². The number of carbonyl (C=O) groups is 2. The van der Waals surface area contributed by atoms with Gasteiger partial charge in [0, 0.05) is 6.54 Å². The number of rotatable bonds is 3. The van der Waals surface area contributed by atoms with Crippen LogP contribution in [0.15, 0.2) is 0 Å². The van der Waals surface area contributed by atoms with Crippen molar-refractivity contribution >= 4 is 12.1 Å². The van der Waals surface area contributed by atoms with Gasteiger partial charge in [0.05, 0.1) is 19.8 Å². The molecule has 0 spiro atoms. The van der Waals surface area contributed by atoms with Gasteiger partial charge in [-0.05, 0) is 40.0 Å². The molecule has 1 saturated heterocycles. The molecule has 1 unspecified atom stereocenters. The molecule has 0 aromatic rings.